The van der Waals surface area contributed by atoms with Gasteiger partial charge in [0.2, 0.25) is 10.0 Å². The largest absolute Gasteiger partial charge is 0.241 e. The predicted molar refractivity (Wildman–Crippen MR) is 71.2 cm³/mol. The second-order valence-corrected chi connectivity index (χ2v) is 6.54. The van der Waals surface area contributed by atoms with Gasteiger partial charge in [-0.25, -0.2) is 13.1 Å². The summed E-state index contributed by atoms with van der Waals surface area (Å²) in [7, 11) is -3.47. The Bertz CT molecular complexity index is 510. The minimum atomic E-state index is -3.47. The van der Waals surface area contributed by atoms with Gasteiger partial charge in [0.25, 0.3) is 0 Å². The van der Waals surface area contributed by atoms with Gasteiger partial charge < -0.3 is 0 Å². The van der Waals surface area contributed by atoms with E-state index in [2.05, 4.69) is 4.72 Å². The van der Waals surface area contributed by atoms with E-state index in [1.54, 1.807) is 24.3 Å². The average Bonchev–Trinajstić information content (AvgIpc) is 2.15. The molecule has 0 spiro atoms. The molecule has 4 heteroatoms. The number of benzene rings is 1. The van der Waals surface area contributed by atoms with E-state index >= 15 is 0 Å². The Morgan fingerprint density at radius 1 is 1.18 bits per heavy atom. The monoisotopic (exact) mass is 253 g/mol. The van der Waals surface area contributed by atoms with Crippen LogP contribution in [0.5, 0.6) is 0 Å². The maximum Gasteiger partial charge on any atom is 0.241 e. The summed E-state index contributed by atoms with van der Waals surface area (Å²) in [6, 6.07) is 6.95. The Morgan fingerprint density at radius 2 is 1.76 bits per heavy atom. The number of hydrogen-bond donors (Lipinski definition) is 1. The fourth-order valence-electron chi connectivity index (χ4n) is 1.50. The van der Waals surface area contributed by atoms with Crippen molar-refractivity contribution in [1.82, 2.24) is 4.72 Å². The van der Waals surface area contributed by atoms with E-state index < -0.39 is 15.6 Å². The standard InChI is InChI=1S/C13H19NO2S/c1-5-8-11-9-6-7-10-12(11)17(15,16)14-13(2,3)4/h5-10,14H,1-4H3. The summed E-state index contributed by atoms with van der Waals surface area (Å²) >= 11 is 0. The Morgan fingerprint density at radius 3 is 2.29 bits per heavy atom. The number of hydrogen-bond acceptors (Lipinski definition) is 2. The maximum absolute atomic E-state index is 12.2. The van der Waals surface area contributed by atoms with Crippen LogP contribution in [0.4, 0.5) is 0 Å². The van der Waals surface area contributed by atoms with Crippen molar-refractivity contribution >= 4 is 16.1 Å². The zero-order chi connectivity index (χ0) is 13.1. The van der Waals surface area contributed by atoms with Crippen LogP contribution < -0.4 is 4.72 Å². The first-order valence-corrected chi connectivity index (χ1v) is 7.00. The molecular formula is C13H19NO2S. The lowest BCUT2D eigenvalue weighted by molar-refractivity contribution is 0.491. The van der Waals surface area contributed by atoms with Crippen LogP contribution in [0.2, 0.25) is 0 Å². The molecule has 3 nitrogen and oxygen atoms in total. The molecule has 0 heterocycles. The molecule has 1 rings (SSSR count). The van der Waals surface area contributed by atoms with Crippen molar-refractivity contribution in [3.63, 3.8) is 0 Å². The van der Waals surface area contributed by atoms with E-state index in [9.17, 15) is 8.42 Å². The number of allylic oxidation sites excluding steroid dienone is 1. The first-order valence-electron chi connectivity index (χ1n) is 5.52. The van der Waals surface area contributed by atoms with Crippen LogP contribution in [0.1, 0.15) is 33.3 Å². The second-order valence-electron chi connectivity index (χ2n) is 4.89. The lowest BCUT2D eigenvalue weighted by Crippen LogP contribution is -2.40. The molecule has 0 saturated heterocycles. The van der Waals surface area contributed by atoms with Gasteiger partial charge in [-0.05, 0) is 39.3 Å². The Hall–Kier alpha value is -1.13. The van der Waals surface area contributed by atoms with Crippen LogP contribution in [0, 0.1) is 0 Å². The molecule has 1 aromatic carbocycles. The van der Waals surface area contributed by atoms with Crippen molar-refractivity contribution in [1.29, 1.82) is 0 Å². The Balaban J connectivity index is 3.24. The molecule has 0 bridgehead atoms. The summed E-state index contributed by atoms with van der Waals surface area (Å²) < 4.78 is 27.0. The van der Waals surface area contributed by atoms with Crippen LogP contribution in [-0.2, 0) is 10.0 Å². The number of nitrogens with one attached hydrogen (secondary N) is 1. The normalized spacial score (nSPS) is 13.2. The summed E-state index contributed by atoms with van der Waals surface area (Å²) in [6.07, 6.45) is 3.61. The SMILES string of the molecule is CC=Cc1ccccc1S(=O)(=O)NC(C)(C)C. The van der Waals surface area contributed by atoms with Gasteiger partial charge in [0, 0.05) is 5.54 Å². The lowest BCUT2D eigenvalue weighted by atomic mass is 10.1. The van der Waals surface area contributed by atoms with Crippen LogP contribution in [0.25, 0.3) is 6.08 Å². The third kappa shape index (κ3) is 3.98. The number of rotatable bonds is 3. The van der Waals surface area contributed by atoms with Gasteiger partial charge in [0.1, 0.15) is 0 Å². The van der Waals surface area contributed by atoms with Crippen LogP contribution in [0.3, 0.4) is 0 Å². The molecular weight excluding hydrogens is 234 g/mol. The molecule has 0 aliphatic heterocycles. The van der Waals surface area contributed by atoms with Crippen LogP contribution in [0.15, 0.2) is 35.2 Å². The predicted octanol–water partition coefficient (Wildman–Crippen LogP) is 2.80. The van der Waals surface area contributed by atoms with Gasteiger partial charge in [0.15, 0.2) is 0 Å². The highest BCUT2D eigenvalue weighted by Crippen LogP contribution is 2.18. The average molecular weight is 253 g/mol. The van der Waals surface area contributed by atoms with Gasteiger partial charge in [0.05, 0.1) is 4.90 Å². The zero-order valence-electron chi connectivity index (χ0n) is 10.7. The molecule has 0 radical (unpaired) electrons. The van der Waals surface area contributed by atoms with E-state index in [1.165, 1.54) is 0 Å². The third-order valence-electron chi connectivity index (χ3n) is 2.00. The van der Waals surface area contributed by atoms with Crippen molar-refractivity contribution in [3.05, 3.63) is 35.9 Å². The maximum atomic E-state index is 12.2. The Labute approximate surface area is 104 Å². The minimum Gasteiger partial charge on any atom is -0.207 e. The molecule has 17 heavy (non-hydrogen) atoms. The molecule has 0 unspecified atom stereocenters. The van der Waals surface area contributed by atoms with Crippen molar-refractivity contribution in [2.24, 2.45) is 0 Å². The summed E-state index contributed by atoms with van der Waals surface area (Å²) in [5.41, 5.74) is 0.216. The van der Waals surface area contributed by atoms with Crippen LogP contribution in [-0.4, -0.2) is 14.0 Å². The van der Waals surface area contributed by atoms with Gasteiger partial charge in [-0.2, -0.15) is 0 Å². The van der Waals surface area contributed by atoms with E-state index in [0.717, 1.165) is 0 Å². The summed E-state index contributed by atoms with van der Waals surface area (Å²) in [5, 5.41) is 0. The highest BCUT2D eigenvalue weighted by atomic mass is 32.2. The highest BCUT2D eigenvalue weighted by Gasteiger charge is 2.23. The second kappa shape index (κ2) is 5.02. The lowest BCUT2D eigenvalue weighted by Gasteiger charge is -2.21. The summed E-state index contributed by atoms with van der Waals surface area (Å²) in [4.78, 5) is 0.313. The first-order chi connectivity index (χ1) is 7.76. The van der Waals surface area contributed by atoms with Crippen LogP contribution >= 0.6 is 0 Å². The molecule has 0 aromatic heterocycles. The fraction of sp³-hybridized carbons (Fsp3) is 0.385. The quantitative estimate of drug-likeness (QED) is 0.900. The van der Waals surface area contributed by atoms with Crippen molar-refractivity contribution in [2.45, 2.75) is 38.1 Å². The fourth-order valence-corrected chi connectivity index (χ4v) is 3.12. The first kappa shape index (κ1) is 13.9. The van der Waals surface area contributed by atoms with Gasteiger partial charge in [-0.3, -0.25) is 0 Å². The molecule has 0 saturated carbocycles. The van der Waals surface area contributed by atoms with E-state index in [-0.39, 0.29) is 0 Å². The molecule has 0 fully saturated rings. The van der Waals surface area contributed by atoms with E-state index in [1.807, 2.05) is 39.8 Å². The van der Waals surface area contributed by atoms with Gasteiger partial charge in [-0.1, -0.05) is 30.4 Å². The van der Waals surface area contributed by atoms with Gasteiger partial charge >= 0.3 is 0 Å². The topological polar surface area (TPSA) is 46.2 Å². The molecule has 1 N–H and O–H groups in total. The summed E-state index contributed by atoms with van der Waals surface area (Å²) in [5.74, 6) is 0. The van der Waals surface area contributed by atoms with E-state index in [0.29, 0.717) is 10.5 Å². The minimum absolute atomic E-state index is 0.313. The molecule has 94 valence electrons. The van der Waals surface area contributed by atoms with Crippen molar-refractivity contribution in [2.75, 3.05) is 0 Å². The van der Waals surface area contributed by atoms with Gasteiger partial charge in [-0.15, -0.1) is 0 Å². The Kier molecular flexibility index (Phi) is 4.11. The van der Waals surface area contributed by atoms with E-state index in [4.69, 9.17) is 0 Å². The molecule has 0 amide bonds. The summed E-state index contributed by atoms with van der Waals surface area (Å²) in [6.45, 7) is 7.33. The number of sulfonamides is 1. The molecule has 0 atom stereocenters. The van der Waals surface area contributed by atoms with Crippen molar-refractivity contribution in [3.8, 4) is 0 Å². The highest BCUT2D eigenvalue weighted by molar-refractivity contribution is 7.89. The van der Waals surface area contributed by atoms with Crippen molar-refractivity contribution < 1.29 is 8.42 Å². The third-order valence-corrected chi connectivity index (χ3v) is 3.83. The molecule has 0 aliphatic carbocycles. The molecule has 0 aliphatic rings. The smallest absolute Gasteiger partial charge is 0.207 e. The molecule has 1 aromatic rings. The zero-order valence-corrected chi connectivity index (χ0v) is 11.5.